The van der Waals surface area contributed by atoms with E-state index in [1.165, 1.54) is 11.3 Å². The second kappa shape index (κ2) is 9.31. The summed E-state index contributed by atoms with van der Waals surface area (Å²) in [5, 5.41) is 2.71. The van der Waals surface area contributed by atoms with Crippen LogP contribution in [-0.4, -0.2) is 4.98 Å². The molecule has 0 aliphatic rings. The molecule has 0 saturated heterocycles. The molecule has 28 heavy (non-hydrogen) atoms. The lowest BCUT2D eigenvalue weighted by Crippen LogP contribution is -2.68. The number of rotatable bonds is 3. The Labute approximate surface area is 179 Å². The number of hydrogen-bond donors (Lipinski definition) is 0. The maximum atomic E-state index is 8.49. The molecule has 0 aliphatic carbocycles. The van der Waals surface area contributed by atoms with Gasteiger partial charge in [0.15, 0.2) is 0 Å². The van der Waals surface area contributed by atoms with Gasteiger partial charge in [-0.15, -0.1) is 21.6 Å². The van der Waals surface area contributed by atoms with Crippen LogP contribution < -0.4 is 18.6 Å². The summed E-state index contributed by atoms with van der Waals surface area (Å²) in [5.74, 6) is 0. The summed E-state index contributed by atoms with van der Waals surface area (Å²) in [4.78, 5) is 6.33. The SMILES string of the molecule is [2H]c1c([2H])c([2H])c(-c2cc(-c3ccccc3)nc(-c3cccs3)[s+]2)c([2H])c1[2H].[O-][Cl+3]([O-])([O-])[O-]. The van der Waals surface area contributed by atoms with Gasteiger partial charge in [-0.1, -0.05) is 54.5 Å². The van der Waals surface area contributed by atoms with Gasteiger partial charge in [0.05, 0.1) is 12.5 Å². The Bertz CT molecular complexity index is 1240. The molecule has 142 valence electrons. The molecule has 2 aromatic heterocycles. The van der Waals surface area contributed by atoms with Crippen LogP contribution in [0.1, 0.15) is 6.85 Å². The van der Waals surface area contributed by atoms with E-state index in [-0.39, 0.29) is 35.8 Å². The fourth-order valence-corrected chi connectivity index (χ4v) is 3.95. The Kier molecular flexibility index (Phi) is 4.90. The van der Waals surface area contributed by atoms with Crippen molar-refractivity contribution in [3.05, 3.63) is 84.1 Å². The fraction of sp³-hybridized carbons (Fsp3) is 0. The quantitative estimate of drug-likeness (QED) is 0.455. The van der Waals surface area contributed by atoms with Crippen molar-refractivity contribution in [3.63, 3.8) is 0 Å². The van der Waals surface area contributed by atoms with Gasteiger partial charge >= 0.3 is 5.01 Å². The molecule has 0 saturated carbocycles. The second-order valence-electron chi connectivity index (χ2n) is 5.13. The van der Waals surface area contributed by atoms with E-state index in [0.29, 0.717) is 10.6 Å². The molecule has 8 heteroatoms. The minimum atomic E-state index is -4.94. The van der Waals surface area contributed by atoms with Crippen molar-refractivity contribution in [1.29, 1.82) is 0 Å². The Morgan fingerprint density at radius 1 is 0.893 bits per heavy atom. The third kappa shape index (κ3) is 6.15. The highest BCUT2D eigenvalue weighted by Crippen LogP contribution is 2.36. The van der Waals surface area contributed by atoms with Crippen molar-refractivity contribution in [2.75, 3.05) is 0 Å². The zero-order valence-electron chi connectivity index (χ0n) is 19.0. The summed E-state index contributed by atoms with van der Waals surface area (Å²) in [6.45, 7) is 0. The van der Waals surface area contributed by atoms with Crippen LogP contribution in [0.25, 0.3) is 31.6 Å². The Morgan fingerprint density at radius 3 is 2.18 bits per heavy atom. The second-order valence-corrected chi connectivity index (χ2v) is 7.87. The zero-order valence-corrected chi connectivity index (χ0v) is 16.4. The summed E-state index contributed by atoms with van der Waals surface area (Å²) >= 11 is 2.88. The van der Waals surface area contributed by atoms with E-state index < -0.39 is 10.2 Å². The van der Waals surface area contributed by atoms with Gasteiger partial charge in [0.2, 0.25) is 4.88 Å². The van der Waals surface area contributed by atoms with E-state index >= 15 is 0 Å². The predicted octanol–water partition coefficient (Wildman–Crippen LogP) is 1.73. The summed E-state index contributed by atoms with van der Waals surface area (Å²) < 4.78 is 74.4. The molecule has 0 fully saturated rings. The molecule has 2 heterocycles. The molecular weight excluding hydrogens is 418 g/mol. The van der Waals surface area contributed by atoms with Crippen LogP contribution >= 0.6 is 22.7 Å². The van der Waals surface area contributed by atoms with E-state index in [1.54, 1.807) is 17.4 Å². The lowest BCUT2D eigenvalue weighted by molar-refractivity contribution is -2.00. The molecule has 4 aromatic rings. The highest BCUT2D eigenvalue weighted by molar-refractivity contribution is 7.22. The average Bonchev–Trinajstić information content (AvgIpc) is 3.31. The first-order valence-corrected chi connectivity index (χ1v) is 10.5. The molecule has 2 aromatic carbocycles. The third-order valence-electron chi connectivity index (χ3n) is 3.24. The summed E-state index contributed by atoms with van der Waals surface area (Å²) in [6.07, 6.45) is 0. The molecule has 0 amide bonds. The molecule has 0 bridgehead atoms. The van der Waals surface area contributed by atoms with Gasteiger partial charge in [-0.05, 0) is 23.5 Å². The van der Waals surface area contributed by atoms with Crippen LogP contribution in [0.15, 0.2) is 84.1 Å². The smallest absolute Gasteiger partial charge is 0.222 e. The van der Waals surface area contributed by atoms with Crippen molar-refractivity contribution >= 4 is 22.7 Å². The van der Waals surface area contributed by atoms with Crippen molar-refractivity contribution in [2.45, 2.75) is 0 Å². The van der Waals surface area contributed by atoms with Gasteiger partial charge in [0.1, 0.15) is 4.88 Å². The van der Waals surface area contributed by atoms with Crippen LogP contribution in [0.4, 0.5) is 0 Å². The number of halogens is 1. The van der Waals surface area contributed by atoms with Crippen LogP contribution in [0.5, 0.6) is 0 Å². The molecule has 5 nitrogen and oxygen atoms in total. The van der Waals surface area contributed by atoms with Crippen LogP contribution in [0, 0.1) is 10.2 Å². The third-order valence-corrected chi connectivity index (χ3v) is 5.30. The number of thiophene rings is 1. The van der Waals surface area contributed by atoms with Gasteiger partial charge < -0.3 is 0 Å². The van der Waals surface area contributed by atoms with E-state index in [1.807, 2.05) is 47.8 Å². The first-order chi connectivity index (χ1) is 15.5. The lowest BCUT2D eigenvalue weighted by Gasteiger charge is -2.17. The average molecular weight is 437 g/mol. The van der Waals surface area contributed by atoms with Crippen molar-refractivity contribution in [1.82, 2.24) is 4.98 Å². The molecule has 0 N–H and O–H groups in total. The maximum absolute atomic E-state index is 8.49. The number of hydrogen-bond acceptors (Lipinski definition) is 6. The van der Waals surface area contributed by atoms with Crippen molar-refractivity contribution in [2.24, 2.45) is 0 Å². The largest absolute Gasteiger partial charge is 0.341 e. The molecule has 0 spiro atoms. The van der Waals surface area contributed by atoms with Crippen LogP contribution in [0.2, 0.25) is 0 Å². The van der Waals surface area contributed by atoms with Gasteiger partial charge in [-0.3, -0.25) is 0 Å². The Hall–Kier alpha value is -2.23. The lowest BCUT2D eigenvalue weighted by atomic mass is 10.1. The van der Waals surface area contributed by atoms with Crippen LogP contribution in [0.3, 0.4) is 0 Å². The summed E-state index contributed by atoms with van der Waals surface area (Å²) in [5.41, 5.74) is 1.81. The van der Waals surface area contributed by atoms with E-state index in [2.05, 4.69) is 0 Å². The number of benzene rings is 2. The molecular formula is C20H14ClNO4S2. The molecule has 0 unspecified atom stereocenters. The predicted molar refractivity (Wildman–Crippen MR) is 101 cm³/mol. The minimum absolute atomic E-state index is 0.202. The zero-order chi connectivity index (χ0) is 24.3. The summed E-state index contributed by atoms with van der Waals surface area (Å²) in [6, 6.07) is 13.9. The van der Waals surface area contributed by atoms with Gasteiger partial charge in [0.25, 0.3) is 11.3 Å². The number of aromatic nitrogens is 1. The fourth-order valence-electron chi connectivity index (χ4n) is 2.18. The first kappa shape index (κ1) is 14.7. The van der Waals surface area contributed by atoms with E-state index in [9.17, 15) is 0 Å². The first-order valence-electron chi connectivity index (χ1n) is 10.1. The van der Waals surface area contributed by atoms with Crippen molar-refractivity contribution < 1.29 is 35.7 Å². The molecule has 0 aliphatic heterocycles. The topological polar surface area (TPSA) is 105 Å². The van der Waals surface area contributed by atoms with Gasteiger partial charge in [-0.2, -0.15) is 4.98 Å². The summed E-state index contributed by atoms with van der Waals surface area (Å²) in [7, 11) is -4.94. The van der Waals surface area contributed by atoms with Gasteiger partial charge in [-0.25, -0.2) is 18.6 Å². The maximum Gasteiger partial charge on any atom is 0.341 e. The minimum Gasteiger partial charge on any atom is -0.222 e. The molecule has 0 radical (unpaired) electrons. The monoisotopic (exact) mass is 436 g/mol. The standard InChI is InChI=1S/C20H14NS2.ClHO4/c1-3-8-15(9-4-1)17-14-19(16-10-5-2-6-11-16)23-20(21-17)18-12-7-13-22-18;2-1(3,4)5/h1-14H;(H,2,3,4,5)/q+1;/p-1/i2D,5D,6D,10D,11D;. The molecule has 0 atom stereocenters. The highest BCUT2D eigenvalue weighted by atomic mass is 35.7. The van der Waals surface area contributed by atoms with Crippen molar-refractivity contribution in [3.8, 4) is 31.6 Å². The van der Waals surface area contributed by atoms with Gasteiger partial charge in [0, 0.05) is 17.2 Å². The van der Waals surface area contributed by atoms with Crippen LogP contribution in [-0.2, 0) is 0 Å². The molecule has 4 rings (SSSR count). The Balaban J connectivity index is 0.000000555. The number of nitrogens with zero attached hydrogens (tertiary/aromatic N) is 1. The normalized spacial score (nSPS) is 13.4. The Morgan fingerprint density at radius 2 is 1.57 bits per heavy atom. The van der Waals surface area contributed by atoms with E-state index in [4.69, 9.17) is 30.5 Å². The highest BCUT2D eigenvalue weighted by Gasteiger charge is 2.21. The van der Waals surface area contributed by atoms with E-state index in [0.717, 1.165) is 15.4 Å².